The Hall–Kier alpha value is -5.28. The molecule has 4 aromatic rings. The first-order chi connectivity index (χ1) is 23.9. The fourth-order valence-corrected chi connectivity index (χ4v) is 5.94. The van der Waals surface area contributed by atoms with Crippen molar-refractivity contribution in [1.29, 1.82) is 0 Å². The molecule has 2 saturated heterocycles. The molecule has 6 rings (SSSR count). The molecular weight excluding hydrogens is 672 g/mol. The Morgan fingerprint density at radius 2 is 0.900 bits per heavy atom. The lowest BCUT2D eigenvalue weighted by Gasteiger charge is -2.38. The number of alkyl halides is 6. The zero-order valence-corrected chi connectivity index (χ0v) is 26.3. The van der Waals surface area contributed by atoms with Crippen LogP contribution in [0.15, 0.2) is 95.4 Å². The van der Waals surface area contributed by atoms with Crippen LogP contribution >= 0.6 is 0 Å². The van der Waals surface area contributed by atoms with Gasteiger partial charge in [0.15, 0.2) is 11.7 Å². The molecule has 2 aromatic carbocycles. The van der Waals surface area contributed by atoms with Crippen molar-refractivity contribution in [1.82, 2.24) is 19.8 Å². The first-order valence-corrected chi connectivity index (χ1v) is 15.6. The molecule has 2 aliphatic heterocycles. The predicted octanol–water partition coefficient (Wildman–Crippen LogP) is 6.55. The maximum absolute atomic E-state index is 14.3. The van der Waals surface area contributed by atoms with Crippen molar-refractivity contribution in [3.8, 4) is 0 Å². The van der Waals surface area contributed by atoms with Gasteiger partial charge in [0.1, 0.15) is 23.3 Å². The zero-order valence-electron chi connectivity index (χ0n) is 26.3. The fraction of sp³-hybridized carbons (Fsp3) is 0.294. The van der Waals surface area contributed by atoms with E-state index >= 15 is 0 Å². The third-order valence-corrected chi connectivity index (χ3v) is 8.40. The van der Waals surface area contributed by atoms with Crippen LogP contribution in [0.4, 0.5) is 46.8 Å². The lowest BCUT2D eigenvalue weighted by Crippen LogP contribution is -2.50. The summed E-state index contributed by atoms with van der Waals surface area (Å²) in [5, 5.41) is 8.48. The van der Waals surface area contributed by atoms with Gasteiger partial charge in [-0.15, -0.1) is 10.2 Å². The van der Waals surface area contributed by atoms with Crippen LogP contribution in [0.2, 0.25) is 0 Å². The molecule has 0 radical (unpaired) electrons. The lowest BCUT2D eigenvalue weighted by molar-refractivity contribution is -0.138. The SMILES string of the molecule is Fc1ccc(C(=NN=C(c2ccc(F)cc2C(F)(F)F)N2CCN(c3ccccn3)CC2)N2CCN(c3ccccn3)CC2)c(C(F)(F)F)c1. The van der Waals surface area contributed by atoms with Crippen LogP contribution in [0.1, 0.15) is 22.3 Å². The van der Waals surface area contributed by atoms with E-state index in [4.69, 9.17) is 0 Å². The van der Waals surface area contributed by atoms with E-state index in [1.165, 1.54) is 9.80 Å². The van der Waals surface area contributed by atoms with Crippen LogP contribution in [0.25, 0.3) is 0 Å². The van der Waals surface area contributed by atoms with Gasteiger partial charge in [-0.2, -0.15) is 26.3 Å². The number of nitrogens with zero attached hydrogens (tertiary/aromatic N) is 8. The van der Waals surface area contributed by atoms with Crippen molar-refractivity contribution in [3.05, 3.63) is 119 Å². The minimum absolute atomic E-state index is 0.141. The Labute approximate surface area is 282 Å². The summed E-state index contributed by atoms with van der Waals surface area (Å²) < 4.78 is 114. The van der Waals surface area contributed by atoms with Crippen LogP contribution in [0.5, 0.6) is 0 Å². The maximum Gasteiger partial charge on any atom is 0.417 e. The lowest BCUT2D eigenvalue weighted by atomic mass is 10.0. The summed E-state index contributed by atoms with van der Waals surface area (Å²) in [5.74, 6) is -1.56. The number of benzene rings is 2. The zero-order chi connectivity index (χ0) is 35.5. The van der Waals surface area contributed by atoms with Crippen molar-refractivity contribution in [2.45, 2.75) is 12.4 Å². The molecule has 2 aromatic heterocycles. The topological polar surface area (TPSA) is 63.5 Å². The standard InChI is InChI=1S/C34H30F8N8/c35-23-7-9-25(27(21-23)33(37,38)39)31(49-17-13-47(14-18-49)29-5-1-3-11-43-29)45-46-32(26-10-8-24(36)22-28(26)34(40,41)42)50-19-15-48(16-20-50)30-6-2-4-12-44-30/h1-12,21-22H,13-20H2. The number of anilines is 2. The second-order valence-electron chi connectivity index (χ2n) is 11.5. The summed E-state index contributed by atoms with van der Waals surface area (Å²) in [6.45, 7) is 1.84. The summed E-state index contributed by atoms with van der Waals surface area (Å²) in [4.78, 5) is 15.5. The number of piperazine rings is 2. The smallest absolute Gasteiger partial charge is 0.353 e. The van der Waals surface area contributed by atoms with Gasteiger partial charge in [0.2, 0.25) is 0 Å². The van der Waals surface area contributed by atoms with Crippen molar-refractivity contribution in [2.75, 3.05) is 62.2 Å². The Bertz CT molecular complexity index is 1700. The molecule has 4 heterocycles. The van der Waals surface area contributed by atoms with Gasteiger partial charge in [-0.25, -0.2) is 18.7 Å². The molecular formula is C34H30F8N8. The Morgan fingerprint density at radius 3 is 1.22 bits per heavy atom. The van der Waals surface area contributed by atoms with E-state index in [9.17, 15) is 35.1 Å². The minimum Gasteiger partial charge on any atom is -0.353 e. The molecule has 2 aliphatic rings. The van der Waals surface area contributed by atoms with Gasteiger partial charge >= 0.3 is 12.4 Å². The van der Waals surface area contributed by atoms with Crippen LogP contribution in [-0.4, -0.2) is 83.8 Å². The van der Waals surface area contributed by atoms with Gasteiger partial charge in [0.25, 0.3) is 0 Å². The van der Waals surface area contributed by atoms with E-state index in [2.05, 4.69) is 20.2 Å². The molecule has 0 bridgehead atoms. The normalized spacial score (nSPS) is 16.6. The van der Waals surface area contributed by atoms with Crippen LogP contribution in [0.3, 0.4) is 0 Å². The quantitative estimate of drug-likeness (QED) is 0.102. The minimum atomic E-state index is -5.00. The van der Waals surface area contributed by atoms with E-state index in [0.717, 1.165) is 24.3 Å². The van der Waals surface area contributed by atoms with Crippen molar-refractivity contribution < 1.29 is 35.1 Å². The molecule has 0 unspecified atom stereocenters. The number of hydrogen-bond acceptors (Lipinski definition) is 6. The van der Waals surface area contributed by atoms with Gasteiger partial charge in [-0.05, 0) is 60.7 Å². The molecule has 16 heteroatoms. The van der Waals surface area contributed by atoms with E-state index in [0.29, 0.717) is 49.9 Å². The van der Waals surface area contributed by atoms with Crippen LogP contribution in [0, 0.1) is 11.6 Å². The fourth-order valence-electron chi connectivity index (χ4n) is 5.94. The second-order valence-corrected chi connectivity index (χ2v) is 11.5. The molecule has 262 valence electrons. The number of halogens is 8. The van der Waals surface area contributed by atoms with Crippen molar-refractivity contribution >= 4 is 23.3 Å². The molecule has 0 spiro atoms. The molecule has 50 heavy (non-hydrogen) atoms. The summed E-state index contributed by atoms with van der Waals surface area (Å²) in [5.41, 5.74) is -3.63. The highest BCUT2D eigenvalue weighted by atomic mass is 19.4. The Morgan fingerprint density at radius 1 is 0.520 bits per heavy atom. The summed E-state index contributed by atoms with van der Waals surface area (Å²) in [6.07, 6.45) is -6.77. The third-order valence-electron chi connectivity index (χ3n) is 8.40. The summed E-state index contributed by atoms with van der Waals surface area (Å²) in [6, 6.07) is 14.9. The molecule has 0 atom stereocenters. The van der Waals surface area contributed by atoms with Gasteiger partial charge in [-0.1, -0.05) is 12.1 Å². The number of rotatable bonds is 5. The second kappa shape index (κ2) is 14.3. The van der Waals surface area contributed by atoms with Crippen LogP contribution < -0.4 is 9.80 Å². The van der Waals surface area contributed by atoms with E-state index in [-0.39, 0.29) is 37.9 Å². The number of aromatic nitrogens is 2. The molecule has 2 fully saturated rings. The van der Waals surface area contributed by atoms with Gasteiger partial charge in [-0.3, -0.25) is 0 Å². The highest BCUT2D eigenvalue weighted by Gasteiger charge is 2.38. The van der Waals surface area contributed by atoms with E-state index in [1.54, 1.807) is 48.8 Å². The van der Waals surface area contributed by atoms with Crippen LogP contribution in [-0.2, 0) is 12.4 Å². The molecule has 0 aliphatic carbocycles. The van der Waals surface area contributed by atoms with Gasteiger partial charge in [0, 0.05) is 75.9 Å². The average molecular weight is 703 g/mol. The molecule has 8 nitrogen and oxygen atoms in total. The highest BCUT2D eigenvalue weighted by molar-refractivity contribution is 6.03. The first kappa shape index (κ1) is 34.6. The molecule has 0 amide bonds. The van der Waals surface area contributed by atoms with Crippen molar-refractivity contribution in [3.63, 3.8) is 0 Å². The third kappa shape index (κ3) is 7.79. The Kier molecular flexibility index (Phi) is 9.88. The van der Waals surface area contributed by atoms with Gasteiger partial charge < -0.3 is 19.6 Å². The Balaban J connectivity index is 1.45. The average Bonchev–Trinajstić information content (AvgIpc) is 3.11. The highest BCUT2D eigenvalue weighted by Crippen LogP contribution is 2.35. The first-order valence-electron chi connectivity index (χ1n) is 15.6. The van der Waals surface area contributed by atoms with E-state index < -0.39 is 46.2 Å². The largest absolute Gasteiger partial charge is 0.417 e. The van der Waals surface area contributed by atoms with Gasteiger partial charge in [0.05, 0.1) is 11.1 Å². The number of amidine groups is 2. The number of hydrogen-bond donors (Lipinski definition) is 0. The number of pyridine rings is 2. The molecule has 0 saturated carbocycles. The predicted molar refractivity (Wildman–Crippen MR) is 172 cm³/mol. The summed E-state index contributed by atoms with van der Waals surface area (Å²) >= 11 is 0. The van der Waals surface area contributed by atoms with Crippen molar-refractivity contribution in [2.24, 2.45) is 10.2 Å². The maximum atomic E-state index is 14.3. The molecule has 0 N–H and O–H groups in total. The summed E-state index contributed by atoms with van der Waals surface area (Å²) in [7, 11) is 0. The van der Waals surface area contributed by atoms with E-state index in [1.807, 2.05) is 9.80 Å². The monoisotopic (exact) mass is 702 g/mol.